The van der Waals surface area contributed by atoms with E-state index < -0.39 is 74.0 Å². The van der Waals surface area contributed by atoms with Gasteiger partial charge in [-0.25, -0.2) is 9.59 Å². The summed E-state index contributed by atoms with van der Waals surface area (Å²) in [7, 11) is 0. The molecular weight excluding hydrogens is 376 g/mol. The van der Waals surface area contributed by atoms with Gasteiger partial charge in [0.1, 0.15) is 36.6 Å². The first-order chi connectivity index (χ1) is 11.1. The molecule has 0 aliphatic carbocycles. The molecule has 2 saturated heterocycles. The molecular formula is C12H20MgO13. The van der Waals surface area contributed by atoms with E-state index in [0.29, 0.717) is 0 Å². The molecule has 2 aliphatic rings. The van der Waals surface area contributed by atoms with Gasteiger partial charge in [-0.3, -0.25) is 0 Å². The summed E-state index contributed by atoms with van der Waals surface area (Å²) in [5.41, 5.74) is 0. The molecule has 0 aromatic heterocycles. The standard InChI is InChI=1S/2C6H9O6.Mg.H2O/c2*7-1-2(8)5-3(9)4(10)6(11)12-5;;/h2*2-5,7-8,10H,1H2;;1H2/q2*-1;+2;/t2-,3?,4?,5+;2-,3-,4?,5+;;/m11../s1. The van der Waals surface area contributed by atoms with Gasteiger partial charge in [0.15, 0.2) is 0 Å². The third-order valence-corrected chi connectivity index (χ3v) is 3.39. The van der Waals surface area contributed by atoms with Crippen LogP contribution in [0.3, 0.4) is 0 Å². The Morgan fingerprint density at radius 1 is 0.846 bits per heavy atom. The van der Waals surface area contributed by atoms with Crippen LogP contribution in [0.25, 0.3) is 0 Å². The number of aliphatic hydroxyl groups is 6. The van der Waals surface area contributed by atoms with Gasteiger partial charge in [0.2, 0.25) is 0 Å². The molecule has 2 rings (SSSR count). The van der Waals surface area contributed by atoms with Crippen LogP contribution < -0.4 is 10.2 Å². The van der Waals surface area contributed by atoms with E-state index in [1.54, 1.807) is 0 Å². The van der Waals surface area contributed by atoms with Gasteiger partial charge in [-0.05, 0) is 12.2 Å². The van der Waals surface area contributed by atoms with E-state index in [9.17, 15) is 19.8 Å². The predicted octanol–water partition coefficient (Wildman–Crippen LogP) is -8.50. The Morgan fingerprint density at radius 2 is 1.12 bits per heavy atom. The van der Waals surface area contributed by atoms with Crippen molar-refractivity contribution in [1.29, 1.82) is 0 Å². The molecule has 8 atom stereocenters. The van der Waals surface area contributed by atoms with E-state index in [-0.39, 0.29) is 28.5 Å². The predicted molar refractivity (Wildman–Crippen MR) is 74.9 cm³/mol. The number of rotatable bonds is 4. The summed E-state index contributed by atoms with van der Waals surface area (Å²) in [6, 6.07) is 0. The maximum absolute atomic E-state index is 10.9. The zero-order chi connectivity index (χ0) is 18.6. The first-order valence-corrected chi connectivity index (χ1v) is 6.82. The van der Waals surface area contributed by atoms with Crippen LogP contribution in [0.15, 0.2) is 0 Å². The first kappa shape index (κ1) is 27.6. The van der Waals surface area contributed by atoms with E-state index in [1.807, 2.05) is 0 Å². The summed E-state index contributed by atoms with van der Waals surface area (Å²) in [6.45, 7) is -1.35. The number of carbonyl (C=O) groups excluding carboxylic acids is 2. The maximum atomic E-state index is 10.9. The molecule has 0 saturated carbocycles. The van der Waals surface area contributed by atoms with Crippen molar-refractivity contribution in [3.63, 3.8) is 0 Å². The number of ether oxygens (including phenoxy) is 2. The van der Waals surface area contributed by atoms with Gasteiger partial charge in [-0.2, -0.15) is 0 Å². The van der Waals surface area contributed by atoms with Crippen molar-refractivity contribution in [1.82, 2.24) is 0 Å². The van der Waals surface area contributed by atoms with Gasteiger partial charge >= 0.3 is 35.0 Å². The third-order valence-electron chi connectivity index (χ3n) is 3.39. The summed E-state index contributed by atoms with van der Waals surface area (Å²) >= 11 is 0. The van der Waals surface area contributed by atoms with Gasteiger partial charge in [-0.1, -0.05) is 0 Å². The Kier molecular flexibility index (Phi) is 12.7. The minimum absolute atomic E-state index is 0. The van der Waals surface area contributed by atoms with Crippen molar-refractivity contribution in [2.24, 2.45) is 0 Å². The van der Waals surface area contributed by atoms with E-state index in [0.717, 1.165) is 0 Å². The molecule has 0 spiro atoms. The van der Waals surface area contributed by atoms with Crippen LogP contribution in [0.2, 0.25) is 0 Å². The summed E-state index contributed by atoms with van der Waals surface area (Å²) in [4.78, 5) is 21.1. The second-order valence-corrected chi connectivity index (χ2v) is 5.12. The molecule has 3 unspecified atom stereocenters. The number of hydrogen-bond acceptors (Lipinski definition) is 12. The van der Waals surface area contributed by atoms with Gasteiger partial charge in [0, 0.05) is 0 Å². The Balaban J connectivity index is 0. The smallest absolute Gasteiger partial charge is 0.847 e. The number of carbonyl (C=O) groups is 2. The largest absolute Gasteiger partial charge is 2.00 e. The molecule has 13 nitrogen and oxygen atoms in total. The molecule has 2 aliphatic heterocycles. The van der Waals surface area contributed by atoms with Gasteiger partial charge in [0.25, 0.3) is 0 Å². The van der Waals surface area contributed by atoms with Gasteiger partial charge in [-0.15, -0.1) is 0 Å². The molecule has 8 N–H and O–H groups in total. The summed E-state index contributed by atoms with van der Waals surface area (Å²) < 4.78 is 8.65. The fourth-order valence-corrected chi connectivity index (χ4v) is 1.97. The quantitative estimate of drug-likeness (QED) is 0.191. The molecule has 14 heteroatoms. The maximum Gasteiger partial charge on any atom is 2.00 e. The second-order valence-electron chi connectivity index (χ2n) is 5.12. The summed E-state index contributed by atoms with van der Waals surface area (Å²) in [5.74, 6) is -2.10. The molecule has 0 radical (unpaired) electrons. The van der Waals surface area contributed by atoms with Gasteiger partial charge in [0.05, 0.1) is 13.2 Å². The normalized spacial score (nSPS) is 35.1. The zero-order valence-corrected chi connectivity index (χ0v) is 14.8. The van der Waals surface area contributed by atoms with Crippen LogP contribution in [-0.4, -0.2) is 133 Å². The third kappa shape index (κ3) is 6.20. The van der Waals surface area contributed by atoms with Crippen molar-refractivity contribution in [2.75, 3.05) is 13.2 Å². The van der Waals surface area contributed by atoms with Crippen LogP contribution in [-0.2, 0) is 19.1 Å². The number of esters is 2. The van der Waals surface area contributed by atoms with Crippen LogP contribution in [0.1, 0.15) is 0 Å². The minimum Gasteiger partial charge on any atom is -0.847 e. The molecule has 2 heterocycles. The fourth-order valence-electron chi connectivity index (χ4n) is 1.97. The molecule has 26 heavy (non-hydrogen) atoms. The van der Waals surface area contributed by atoms with Crippen LogP contribution >= 0.6 is 0 Å². The van der Waals surface area contributed by atoms with E-state index >= 15 is 0 Å². The monoisotopic (exact) mass is 396 g/mol. The van der Waals surface area contributed by atoms with Crippen molar-refractivity contribution in [2.45, 2.75) is 48.8 Å². The second kappa shape index (κ2) is 11.9. The molecule has 2 fully saturated rings. The van der Waals surface area contributed by atoms with E-state index in [4.69, 9.17) is 30.6 Å². The molecule has 0 bridgehead atoms. The van der Waals surface area contributed by atoms with E-state index in [2.05, 4.69) is 9.47 Å². The number of aliphatic hydroxyl groups excluding tert-OH is 6. The molecule has 148 valence electrons. The molecule has 0 aromatic carbocycles. The Bertz CT molecular complexity index is 409. The summed E-state index contributed by atoms with van der Waals surface area (Å²) in [6.07, 6.45) is -12.5. The van der Waals surface area contributed by atoms with Crippen LogP contribution in [0, 0.1) is 0 Å². The fraction of sp³-hybridized carbons (Fsp3) is 0.833. The van der Waals surface area contributed by atoms with Crippen LogP contribution in [0.5, 0.6) is 0 Å². The van der Waals surface area contributed by atoms with E-state index in [1.165, 1.54) is 0 Å². The Morgan fingerprint density at radius 3 is 1.27 bits per heavy atom. The van der Waals surface area contributed by atoms with Crippen molar-refractivity contribution >= 4 is 35.0 Å². The number of cyclic esters (lactones) is 2. The SMILES string of the molecule is O.O=C1O[C@@H]([C@H](O)CO)C([O-])C1O.O=C1O[C@@H]([C@H](O)CO)[C@H]([O-])C1O.[Mg+2]. The van der Waals surface area contributed by atoms with Crippen molar-refractivity contribution < 1.29 is 65.4 Å². The Labute approximate surface area is 162 Å². The van der Waals surface area contributed by atoms with Crippen molar-refractivity contribution in [3.05, 3.63) is 0 Å². The minimum atomic E-state index is -1.74. The van der Waals surface area contributed by atoms with Gasteiger partial charge < -0.3 is 55.8 Å². The van der Waals surface area contributed by atoms with Crippen molar-refractivity contribution in [3.8, 4) is 0 Å². The zero-order valence-electron chi connectivity index (χ0n) is 13.4. The first-order valence-electron chi connectivity index (χ1n) is 6.82. The average molecular weight is 397 g/mol. The molecule has 0 amide bonds. The topological polar surface area (TPSA) is 252 Å². The summed E-state index contributed by atoms with van der Waals surface area (Å²) in [5, 5.41) is 74.2. The van der Waals surface area contributed by atoms with Crippen LogP contribution in [0.4, 0.5) is 0 Å². The average Bonchev–Trinajstić information content (AvgIpc) is 2.98. The number of hydrogen-bond donors (Lipinski definition) is 6. The molecule has 0 aromatic rings. The Hall–Kier alpha value is -0.654.